The van der Waals surface area contributed by atoms with Gasteiger partial charge >= 0.3 is 5.97 Å². The van der Waals surface area contributed by atoms with Crippen LogP contribution < -0.4 is 10.2 Å². The van der Waals surface area contributed by atoms with Crippen LogP contribution in [0.4, 0.5) is 10.1 Å². The molecule has 3 aromatic rings. The molecule has 0 saturated carbocycles. The molecular formula is C25H20FN3O4S. The Morgan fingerprint density at radius 1 is 1.09 bits per heavy atom. The summed E-state index contributed by atoms with van der Waals surface area (Å²) in [7, 11) is 0. The minimum Gasteiger partial charge on any atom is -0.478 e. The normalized spacial score (nSPS) is 15.1. The Morgan fingerprint density at radius 2 is 1.82 bits per heavy atom. The molecule has 2 N–H and O–H groups in total. The minimum absolute atomic E-state index is 0.135. The number of thiocarbonyl (C=S) groups is 1. The van der Waals surface area contributed by atoms with Gasteiger partial charge < -0.3 is 9.67 Å². The molecule has 0 bridgehead atoms. The lowest BCUT2D eigenvalue weighted by Crippen LogP contribution is -2.54. The molecule has 7 nitrogen and oxygen atoms in total. The zero-order chi connectivity index (χ0) is 24.7. The number of aromatic carboxylic acids is 1. The molecule has 34 heavy (non-hydrogen) atoms. The molecular weight excluding hydrogens is 457 g/mol. The van der Waals surface area contributed by atoms with E-state index in [9.17, 15) is 23.9 Å². The lowest BCUT2D eigenvalue weighted by atomic mass is 10.1. The quantitative estimate of drug-likeness (QED) is 0.336. The molecule has 4 rings (SSSR count). The number of nitrogens with zero attached hydrogens (tertiary/aromatic N) is 2. The summed E-state index contributed by atoms with van der Waals surface area (Å²) in [5.74, 6) is -2.91. The molecule has 0 unspecified atom stereocenters. The van der Waals surface area contributed by atoms with E-state index in [4.69, 9.17) is 12.2 Å². The molecule has 2 aromatic carbocycles. The number of carboxylic acids is 1. The van der Waals surface area contributed by atoms with Crippen molar-refractivity contribution in [2.75, 3.05) is 4.90 Å². The largest absolute Gasteiger partial charge is 0.478 e. The summed E-state index contributed by atoms with van der Waals surface area (Å²) in [6, 6.07) is 12.0. The van der Waals surface area contributed by atoms with Crippen LogP contribution in [-0.4, -0.2) is 32.6 Å². The Morgan fingerprint density at radius 3 is 2.50 bits per heavy atom. The summed E-state index contributed by atoms with van der Waals surface area (Å²) in [6.07, 6.45) is 1.46. The van der Waals surface area contributed by atoms with Crippen molar-refractivity contribution in [3.8, 4) is 5.69 Å². The first kappa shape index (κ1) is 23.1. The molecule has 1 aliphatic rings. The van der Waals surface area contributed by atoms with E-state index >= 15 is 0 Å². The average Bonchev–Trinajstić information content (AvgIpc) is 3.04. The third kappa shape index (κ3) is 4.01. The van der Waals surface area contributed by atoms with E-state index in [1.165, 1.54) is 30.3 Å². The van der Waals surface area contributed by atoms with Crippen molar-refractivity contribution in [1.29, 1.82) is 0 Å². The molecule has 0 aliphatic carbocycles. The fourth-order valence-electron chi connectivity index (χ4n) is 3.95. The van der Waals surface area contributed by atoms with Gasteiger partial charge in [0.15, 0.2) is 5.11 Å². The van der Waals surface area contributed by atoms with E-state index in [1.807, 2.05) is 25.3 Å². The SMILES string of the molecule is Cc1ccc(C(=O)O)cc1-n1c(C)cc(/C=C2\C(=O)NC(=S)N(c3cccc(F)c3)C2=O)c1C. The molecule has 1 saturated heterocycles. The van der Waals surface area contributed by atoms with Gasteiger partial charge in [-0.2, -0.15) is 0 Å². The van der Waals surface area contributed by atoms with Crippen molar-refractivity contribution in [1.82, 2.24) is 9.88 Å². The second-order valence-electron chi connectivity index (χ2n) is 7.91. The Kier molecular flexibility index (Phi) is 5.89. The second kappa shape index (κ2) is 8.68. The smallest absolute Gasteiger partial charge is 0.335 e. The highest BCUT2D eigenvalue weighted by Crippen LogP contribution is 2.28. The molecule has 1 aliphatic heterocycles. The number of benzene rings is 2. The number of rotatable bonds is 4. The second-order valence-corrected chi connectivity index (χ2v) is 8.29. The maximum absolute atomic E-state index is 13.7. The lowest BCUT2D eigenvalue weighted by molar-refractivity contribution is -0.122. The summed E-state index contributed by atoms with van der Waals surface area (Å²) in [5.41, 5.74) is 3.83. The third-order valence-corrected chi connectivity index (χ3v) is 5.92. The molecule has 1 aromatic heterocycles. The van der Waals surface area contributed by atoms with Crippen LogP contribution in [0.3, 0.4) is 0 Å². The summed E-state index contributed by atoms with van der Waals surface area (Å²) in [5, 5.41) is 11.7. The number of hydrogen-bond donors (Lipinski definition) is 2. The van der Waals surface area contributed by atoms with Crippen LogP contribution in [0.2, 0.25) is 0 Å². The summed E-state index contributed by atoms with van der Waals surface area (Å²) < 4.78 is 15.6. The summed E-state index contributed by atoms with van der Waals surface area (Å²) in [6.45, 7) is 5.53. The number of anilines is 1. The summed E-state index contributed by atoms with van der Waals surface area (Å²) in [4.78, 5) is 38.4. The van der Waals surface area contributed by atoms with Gasteiger partial charge in [0.05, 0.1) is 11.3 Å². The Labute approximate surface area is 200 Å². The first-order valence-corrected chi connectivity index (χ1v) is 10.7. The Balaban J connectivity index is 1.80. The zero-order valence-electron chi connectivity index (χ0n) is 18.5. The highest BCUT2D eigenvalue weighted by Gasteiger charge is 2.35. The van der Waals surface area contributed by atoms with Crippen molar-refractivity contribution < 1.29 is 23.9 Å². The van der Waals surface area contributed by atoms with Crippen LogP contribution in [0.5, 0.6) is 0 Å². The number of amides is 2. The highest BCUT2D eigenvalue weighted by atomic mass is 32.1. The molecule has 2 amide bonds. The van der Waals surface area contributed by atoms with Crippen molar-refractivity contribution in [3.05, 3.63) is 88.0 Å². The minimum atomic E-state index is -1.04. The van der Waals surface area contributed by atoms with Crippen molar-refractivity contribution >= 4 is 46.9 Å². The Hall–Kier alpha value is -4.11. The van der Waals surface area contributed by atoms with Gasteiger partial charge in [0.25, 0.3) is 11.8 Å². The molecule has 1 fully saturated rings. The maximum atomic E-state index is 13.7. The average molecular weight is 478 g/mol. The number of carboxylic acid groups (broad SMARTS) is 1. The molecule has 0 spiro atoms. The monoisotopic (exact) mass is 477 g/mol. The van der Waals surface area contributed by atoms with Crippen molar-refractivity contribution in [2.45, 2.75) is 20.8 Å². The van der Waals surface area contributed by atoms with Crippen LogP contribution in [0.15, 0.2) is 54.1 Å². The van der Waals surface area contributed by atoms with E-state index in [0.29, 0.717) is 16.9 Å². The molecule has 2 heterocycles. The maximum Gasteiger partial charge on any atom is 0.335 e. The first-order valence-electron chi connectivity index (χ1n) is 10.3. The fourth-order valence-corrected chi connectivity index (χ4v) is 4.23. The number of nitrogens with one attached hydrogen (secondary N) is 1. The predicted octanol–water partition coefficient (Wildman–Crippen LogP) is 4.07. The standard InChI is InChI=1S/C25H20FN3O4S/c1-13-7-8-16(24(32)33)11-21(13)28-14(2)9-17(15(28)3)10-20-22(30)27-25(34)29(23(20)31)19-6-4-5-18(26)12-19/h4-12H,1-3H3,(H,32,33)(H,27,30,34)/b20-10+. The molecule has 172 valence electrons. The van der Waals surface area contributed by atoms with Crippen molar-refractivity contribution in [3.63, 3.8) is 0 Å². The number of halogens is 1. The van der Waals surface area contributed by atoms with Crippen LogP contribution >= 0.6 is 12.2 Å². The first-order chi connectivity index (χ1) is 16.1. The van der Waals surface area contributed by atoms with E-state index in [-0.39, 0.29) is 21.9 Å². The van der Waals surface area contributed by atoms with Crippen LogP contribution in [0.1, 0.15) is 32.9 Å². The molecule has 9 heteroatoms. The number of aromatic nitrogens is 1. The van der Waals surface area contributed by atoms with E-state index in [0.717, 1.165) is 22.2 Å². The van der Waals surface area contributed by atoms with Crippen LogP contribution in [0.25, 0.3) is 11.8 Å². The topological polar surface area (TPSA) is 91.6 Å². The highest BCUT2D eigenvalue weighted by molar-refractivity contribution is 7.80. The van der Waals surface area contributed by atoms with Gasteiger partial charge in [-0.25, -0.2) is 9.18 Å². The zero-order valence-corrected chi connectivity index (χ0v) is 19.4. The van der Waals surface area contributed by atoms with E-state index in [2.05, 4.69) is 5.32 Å². The van der Waals surface area contributed by atoms with Crippen molar-refractivity contribution in [2.24, 2.45) is 0 Å². The lowest BCUT2D eigenvalue weighted by Gasteiger charge is -2.28. The van der Waals surface area contributed by atoms with Crippen LogP contribution in [-0.2, 0) is 9.59 Å². The fraction of sp³-hybridized carbons (Fsp3) is 0.120. The van der Waals surface area contributed by atoms with Gasteiger partial charge in [-0.05, 0) is 86.6 Å². The van der Waals surface area contributed by atoms with E-state index in [1.54, 1.807) is 18.2 Å². The summed E-state index contributed by atoms with van der Waals surface area (Å²) >= 11 is 5.16. The van der Waals surface area contributed by atoms with Gasteiger partial charge in [0.2, 0.25) is 0 Å². The van der Waals surface area contributed by atoms with Gasteiger partial charge in [0.1, 0.15) is 11.4 Å². The Bertz CT molecular complexity index is 1420. The molecule has 0 atom stereocenters. The number of carbonyl (C=O) groups excluding carboxylic acids is 2. The number of carbonyl (C=O) groups is 3. The van der Waals surface area contributed by atoms with Gasteiger partial charge in [0, 0.05) is 17.1 Å². The predicted molar refractivity (Wildman–Crippen MR) is 130 cm³/mol. The molecule has 0 radical (unpaired) electrons. The van der Waals surface area contributed by atoms with E-state index < -0.39 is 23.6 Å². The third-order valence-electron chi connectivity index (χ3n) is 5.64. The number of aryl methyl sites for hydroxylation is 2. The van der Waals surface area contributed by atoms with Gasteiger partial charge in [-0.3, -0.25) is 19.8 Å². The van der Waals surface area contributed by atoms with Gasteiger partial charge in [-0.1, -0.05) is 12.1 Å². The number of hydrogen-bond acceptors (Lipinski definition) is 4. The van der Waals surface area contributed by atoms with Gasteiger partial charge in [-0.15, -0.1) is 0 Å². The van der Waals surface area contributed by atoms with Crippen LogP contribution in [0, 0.1) is 26.6 Å².